The molecule has 2 aliphatic rings. The number of nitrogens with zero attached hydrogens (tertiary/aromatic N) is 3. The third-order valence-corrected chi connectivity index (χ3v) is 6.48. The van der Waals surface area contributed by atoms with Gasteiger partial charge >= 0.3 is 0 Å². The van der Waals surface area contributed by atoms with Crippen molar-refractivity contribution in [1.82, 2.24) is 20.2 Å². The maximum atomic E-state index is 12.4. The molecule has 0 aliphatic carbocycles. The lowest BCUT2D eigenvalue weighted by atomic mass is 9.83. The topological polar surface area (TPSA) is 58.1 Å². The van der Waals surface area contributed by atoms with E-state index in [9.17, 15) is 4.79 Å². The van der Waals surface area contributed by atoms with Crippen LogP contribution in [0.2, 0.25) is 0 Å². The quantitative estimate of drug-likeness (QED) is 0.878. The van der Waals surface area contributed by atoms with Crippen LogP contribution >= 0.6 is 11.3 Å². The van der Waals surface area contributed by atoms with Crippen LogP contribution in [0.5, 0.6) is 0 Å². The molecule has 2 saturated heterocycles. The number of fused-ring (bicyclic) bond motifs is 1. The zero-order valence-corrected chi connectivity index (χ0v) is 15.9. The van der Waals surface area contributed by atoms with Gasteiger partial charge in [0.05, 0.1) is 17.8 Å². The van der Waals surface area contributed by atoms with Crippen molar-refractivity contribution in [3.8, 4) is 10.7 Å². The first-order valence-corrected chi connectivity index (χ1v) is 10.5. The molecule has 0 aromatic carbocycles. The van der Waals surface area contributed by atoms with E-state index in [1.165, 1.54) is 45.2 Å². The number of aromatic nitrogens is 2. The van der Waals surface area contributed by atoms with Crippen LogP contribution < -0.4 is 5.32 Å². The highest BCUT2D eigenvalue weighted by atomic mass is 32.1. The van der Waals surface area contributed by atoms with Crippen LogP contribution in [0.4, 0.5) is 0 Å². The normalized spacial score (nSPS) is 23.4. The molecule has 2 aliphatic heterocycles. The molecule has 2 aromatic rings. The summed E-state index contributed by atoms with van der Waals surface area (Å²) in [6.07, 6.45) is 8.57. The van der Waals surface area contributed by atoms with Gasteiger partial charge < -0.3 is 10.2 Å². The Balaban J connectivity index is 1.30. The SMILES string of the molecule is O=C(Cc1csc(-c2ccccn2)n1)NC[C@@H]1CCCN2CCCC[C@H]12. The van der Waals surface area contributed by atoms with Gasteiger partial charge in [0.25, 0.3) is 0 Å². The van der Waals surface area contributed by atoms with Crippen molar-refractivity contribution in [1.29, 1.82) is 0 Å². The van der Waals surface area contributed by atoms with Gasteiger partial charge in [-0.25, -0.2) is 4.98 Å². The second-order valence-electron chi connectivity index (χ2n) is 7.34. The molecular weight excluding hydrogens is 344 g/mol. The maximum Gasteiger partial charge on any atom is 0.226 e. The van der Waals surface area contributed by atoms with Crippen LogP contribution in [0.1, 0.15) is 37.8 Å². The number of hydrogen-bond donors (Lipinski definition) is 1. The fraction of sp³-hybridized carbons (Fsp3) is 0.550. The lowest BCUT2D eigenvalue weighted by molar-refractivity contribution is -0.120. The smallest absolute Gasteiger partial charge is 0.226 e. The van der Waals surface area contributed by atoms with E-state index in [1.54, 1.807) is 17.5 Å². The molecule has 4 rings (SSSR count). The van der Waals surface area contributed by atoms with E-state index in [2.05, 4.69) is 20.2 Å². The number of pyridine rings is 1. The van der Waals surface area contributed by atoms with Crippen molar-refractivity contribution in [2.24, 2.45) is 5.92 Å². The summed E-state index contributed by atoms with van der Waals surface area (Å²) in [6, 6.07) is 6.47. The van der Waals surface area contributed by atoms with Gasteiger partial charge in [0.15, 0.2) is 0 Å². The number of amides is 1. The summed E-state index contributed by atoms with van der Waals surface area (Å²) in [5.41, 5.74) is 1.69. The summed E-state index contributed by atoms with van der Waals surface area (Å²) in [4.78, 5) is 23.9. The molecule has 1 N–H and O–H groups in total. The molecule has 0 saturated carbocycles. The van der Waals surface area contributed by atoms with E-state index in [1.807, 2.05) is 23.6 Å². The van der Waals surface area contributed by atoms with E-state index in [0.29, 0.717) is 18.4 Å². The predicted molar refractivity (Wildman–Crippen MR) is 104 cm³/mol. The molecule has 0 radical (unpaired) electrons. The van der Waals surface area contributed by atoms with Crippen LogP contribution in [-0.2, 0) is 11.2 Å². The molecule has 4 heterocycles. The Morgan fingerprint density at radius 3 is 3.04 bits per heavy atom. The molecule has 138 valence electrons. The van der Waals surface area contributed by atoms with Gasteiger partial charge in [0.2, 0.25) is 5.91 Å². The molecule has 0 unspecified atom stereocenters. The molecular formula is C20H26N4OS. The number of nitrogens with one attached hydrogen (secondary N) is 1. The Morgan fingerprint density at radius 2 is 2.15 bits per heavy atom. The highest BCUT2D eigenvalue weighted by Gasteiger charge is 2.32. The van der Waals surface area contributed by atoms with Crippen molar-refractivity contribution >= 4 is 17.2 Å². The van der Waals surface area contributed by atoms with Crippen LogP contribution in [-0.4, -0.2) is 46.5 Å². The second-order valence-corrected chi connectivity index (χ2v) is 8.20. The zero-order valence-electron chi connectivity index (χ0n) is 15.1. The summed E-state index contributed by atoms with van der Waals surface area (Å²) in [7, 11) is 0. The first-order valence-electron chi connectivity index (χ1n) is 9.66. The summed E-state index contributed by atoms with van der Waals surface area (Å²) in [5, 5.41) is 6.01. The van der Waals surface area contributed by atoms with E-state index in [4.69, 9.17) is 0 Å². The fourth-order valence-corrected chi connectivity index (χ4v) is 5.08. The van der Waals surface area contributed by atoms with Crippen molar-refractivity contribution < 1.29 is 4.79 Å². The monoisotopic (exact) mass is 370 g/mol. The van der Waals surface area contributed by atoms with Crippen LogP contribution in [0.25, 0.3) is 10.7 Å². The fourth-order valence-electron chi connectivity index (χ4n) is 4.28. The molecule has 2 fully saturated rings. The van der Waals surface area contributed by atoms with E-state index in [0.717, 1.165) is 22.9 Å². The van der Waals surface area contributed by atoms with E-state index < -0.39 is 0 Å². The van der Waals surface area contributed by atoms with Gasteiger partial charge in [0, 0.05) is 24.2 Å². The average molecular weight is 371 g/mol. The number of rotatable bonds is 5. The number of carbonyl (C=O) groups is 1. The van der Waals surface area contributed by atoms with Crippen molar-refractivity contribution in [2.45, 2.75) is 44.6 Å². The van der Waals surface area contributed by atoms with Crippen LogP contribution in [0, 0.1) is 5.92 Å². The highest BCUT2D eigenvalue weighted by Crippen LogP contribution is 2.30. The molecule has 5 nitrogen and oxygen atoms in total. The predicted octanol–water partition coefficient (Wildman–Crippen LogP) is 3.13. The first kappa shape index (κ1) is 17.6. The largest absolute Gasteiger partial charge is 0.355 e. The molecule has 2 atom stereocenters. The zero-order chi connectivity index (χ0) is 17.8. The van der Waals surface area contributed by atoms with E-state index >= 15 is 0 Å². The Morgan fingerprint density at radius 1 is 1.23 bits per heavy atom. The average Bonchev–Trinajstić information content (AvgIpc) is 3.15. The molecule has 6 heteroatoms. The van der Waals surface area contributed by atoms with Gasteiger partial charge in [-0.05, 0) is 56.8 Å². The summed E-state index contributed by atoms with van der Waals surface area (Å²) >= 11 is 1.55. The van der Waals surface area contributed by atoms with Gasteiger partial charge in [-0.1, -0.05) is 12.5 Å². The van der Waals surface area contributed by atoms with Gasteiger partial charge in [-0.15, -0.1) is 11.3 Å². The Kier molecular flexibility index (Phi) is 5.60. The second kappa shape index (κ2) is 8.27. The Hall–Kier alpha value is -1.79. The maximum absolute atomic E-state index is 12.4. The van der Waals surface area contributed by atoms with Crippen molar-refractivity contribution in [3.05, 3.63) is 35.5 Å². The van der Waals surface area contributed by atoms with Gasteiger partial charge in [-0.3, -0.25) is 9.78 Å². The summed E-state index contributed by atoms with van der Waals surface area (Å²) in [5.74, 6) is 0.684. The molecule has 1 amide bonds. The minimum Gasteiger partial charge on any atom is -0.355 e. The van der Waals surface area contributed by atoms with Crippen LogP contribution in [0.15, 0.2) is 29.8 Å². The summed E-state index contributed by atoms with van der Waals surface area (Å²) in [6.45, 7) is 3.28. The number of piperidine rings is 2. The third-order valence-electron chi connectivity index (χ3n) is 5.57. The van der Waals surface area contributed by atoms with E-state index in [-0.39, 0.29) is 5.91 Å². The van der Waals surface area contributed by atoms with Gasteiger partial charge in [-0.2, -0.15) is 0 Å². The first-order chi connectivity index (χ1) is 12.8. The third kappa shape index (κ3) is 4.13. The number of hydrogen-bond acceptors (Lipinski definition) is 5. The molecule has 26 heavy (non-hydrogen) atoms. The lowest BCUT2D eigenvalue weighted by Crippen LogP contribution is -2.51. The van der Waals surface area contributed by atoms with Gasteiger partial charge in [0.1, 0.15) is 5.01 Å². The standard InChI is InChI=1S/C20H26N4OS/c25-19(12-16-14-26-20(23-16)17-7-1-3-9-21-17)22-13-15-6-5-11-24-10-4-2-8-18(15)24/h1,3,7,9,14-15,18H,2,4-6,8,10-13H2,(H,22,25)/t15-,18+/m0/s1. The summed E-state index contributed by atoms with van der Waals surface area (Å²) < 4.78 is 0. The van der Waals surface area contributed by atoms with Crippen LogP contribution in [0.3, 0.4) is 0 Å². The molecule has 0 spiro atoms. The highest BCUT2D eigenvalue weighted by molar-refractivity contribution is 7.13. The number of carbonyl (C=O) groups excluding carboxylic acids is 1. The molecule has 0 bridgehead atoms. The Labute approximate surface area is 158 Å². The minimum absolute atomic E-state index is 0.0794. The minimum atomic E-state index is 0.0794. The Bertz CT molecular complexity index is 730. The lowest BCUT2D eigenvalue weighted by Gasteiger charge is -2.44. The molecule has 2 aromatic heterocycles. The van der Waals surface area contributed by atoms with Crippen molar-refractivity contribution in [2.75, 3.05) is 19.6 Å². The van der Waals surface area contributed by atoms with Crippen molar-refractivity contribution in [3.63, 3.8) is 0 Å². The number of thiazole rings is 1.